The summed E-state index contributed by atoms with van der Waals surface area (Å²) < 4.78 is 28.1. The predicted octanol–water partition coefficient (Wildman–Crippen LogP) is 2.61. The van der Waals surface area contributed by atoms with Gasteiger partial charge in [0.25, 0.3) is 10.2 Å². The topological polar surface area (TPSA) is 69.7 Å². The lowest BCUT2D eigenvalue weighted by Gasteiger charge is -2.18. The molecule has 7 heteroatoms. The van der Waals surface area contributed by atoms with Gasteiger partial charge < -0.3 is 5.32 Å². The molecule has 0 atom stereocenters. The normalized spacial score (nSPS) is 17.1. The van der Waals surface area contributed by atoms with Gasteiger partial charge in [-0.05, 0) is 49.6 Å². The monoisotopic (exact) mass is 387 g/mol. The number of nitrogens with zero attached hydrogens (tertiary/aromatic N) is 2. The molecule has 0 unspecified atom stereocenters. The van der Waals surface area contributed by atoms with Crippen molar-refractivity contribution in [2.45, 2.75) is 27.3 Å². The zero-order valence-corrected chi connectivity index (χ0v) is 16.7. The van der Waals surface area contributed by atoms with E-state index in [1.807, 2.05) is 63.2 Å². The summed E-state index contributed by atoms with van der Waals surface area (Å²) in [5, 5.41) is 2.80. The minimum absolute atomic E-state index is 0.181. The number of carbonyl (C=O) groups is 1. The second-order valence-electron chi connectivity index (χ2n) is 7.09. The molecule has 1 amide bonds. The van der Waals surface area contributed by atoms with E-state index in [0.29, 0.717) is 25.3 Å². The van der Waals surface area contributed by atoms with Crippen LogP contribution in [0.3, 0.4) is 0 Å². The van der Waals surface area contributed by atoms with Gasteiger partial charge in [-0.25, -0.2) is 0 Å². The fourth-order valence-corrected chi connectivity index (χ4v) is 4.79. The van der Waals surface area contributed by atoms with E-state index in [4.69, 9.17) is 0 Å². The zero-order chi connectivity index (χ0) is 19.6. The molecule has 1 N–H and O–H groups in total. The van der Waals surface area contributed by atoms with Crippen LogP contribution in [-0.2, 0) is 21.5 Å². The average Bonchev–Trinajstić information content (AvgIpc) is 2.83. The number of nitrogens with one attached hydrogen (secondary N) is 1. The van der Waals surface area contributed by atoms with E-state index in [9.17, 15) is 13.2 Å². The summed E-state index contributed by atoms with van der Waals surface area (Å²) in [6.07, 6.45) is 0. The zero-order valence-electron chi connectivity index (χ0n) is 15.9. The van der Waals surface area contributed by atoms with E-state index in [1.165, 1.54) is 8.61 Å². The first-order valence-electron chi connectivity index (χ1n) is 8.93. The largest absolute Gasteiger partial charge is 0.325 e. The summed E-state index contributed by atoms with van der Waals surface area (Å²) in [6, 6.07) is 13.5. The van der Waals surface area contributed by atoms with Crippen LogP contribution in [-0.4, -0.2) is 42.6 Å². The van der Waals surface area contributed by atoms with Crippen molar-refractivity contribution in [3.05, 3.63) is 64.7 Å². The van der Waals surface area contributed by atoms with Gasteiger partial charge in [-0.2, -0.15) is 17.0 Å². The summed E-state index contributed by atoms with van der Waals surface area (Å²) in [5.41, 5.74) is 4.84. The van der Waals surface area contributed by atoms with E-state index >= 15 is 0 Å². The van der Waals surface area contributed by atoms with Crippen LogP contribution < -0.4 is 5.32 Å². The third-order valence-electron chi connectivity index (χ3n) is 4.56. The molecule has 0 aliphatic carbocycles. The highest BCUT2D eigenvalue weighted by molar-refractivity contribution is 7.87. The van der Waals surface area contributed by atoms with Gasteiger partial charge in [0.05, 0.1) is 6.54 Å². The summed E-state index contributed by atoms with van der Waals surface area (Å²) in [5.74, 6) is -0.333. The van der Waals surface area contributed by atoms with Gasteiger partial charge in [0.2, 0.25) is 5.91 Å². The van der Waals surface area contributed by atoms with Crippen molar-refractivity contribution in [3.8, 4) is 0 Å². The van der Waals surface area contributed by atoms with Crippen molar-refractivity contribution in [1.29, 1.82) is 0 Å². The van der Waals surface area contributed by atoms with Crippen LogP contribution in [0.1, 0.15) is 22.3 Å². The second-order valence-corrected chi connectivity index (χ2v) is 9.01. The predicted molar refractivity (Wildman–Crippen MR) is 107 cm³/mol. The molecule has 6 nitrogen and oxygen atoms in total. The maximum atomic E-state index is 12.7. The van der Waals surface area contributed by atoms with Crippen molar-refractivity contribution in [2.24, 2.45) is 0 Å². The molecule has 1 fully saturated rings. The molecule has 144 valence electrons. The van der Waals surface area contributed by atoms with Crippen molar-refractivity contribution < 1.29 is 13.2 Å². The van der Waals surface area contributed by atoms with Gasteiger partial charge >= 0.3 is 0 Å². The number of hydrogen-bond donors (Lipinski definition) is 1. The maximum Gasteiger partial charge on any atom is 0.282 e. The van der Waals surface area contributed by atoms with Crippen molar-refractivity contribution in [3.63, 3.8) is 0 Å². The third kappa shape index (κ3) is 4.74. The van der Waals surface area contributed by atoms with Crippen molar-refractivity contribution >= 4 is 21.8 Å². The fourth-order valence-electron chi connectivity index (χ4n) is 3.24. The van der Waals surface area contributed by atoms with Crippen LogP contribution in [0.2, 0.25) is 0 Å². The lowest BCUT2D eigenvalue weighted by Crippen LogP contribution is -2.37. The number of aryl methyl sites for hydroxylation is 3. The van der Waals surface area contributed by atoms with Crippen LogP contribution in [0, 0.1) is 20.8 Å². The Morgan fingerprint density at radius 1 is 0.926 bits per heavy atom. The lowest BCUT2D eigenvalue weighted by atomic mass is 10.1. The third-order valence-corrected chi connectivity index (χ3v) is 6.48. The molecule has 0 spiro atoms. The molecule has 0 radical (unpaired) electrons. The molecular formula is C20H25N3O3S. The van der Waals surface area contributed by atoms with Gasteiger partial charge in [-0.1, -0.05) is 35.9 Å². The Morgan fingerprint density at radius 3 is 2.15 bits per heavy atom. The molecule has 0 bridgehead atoms. The number of benzene rings is 2. The van der Waals surface area contributed by atoms with Gasteiger partial charge in [0.1, 0.15) is 0 Å². The first-order valence-corrected chi connectivity index (χ1v) is 10.3. The average molecular weight is 388 g/mol. The molecule has 2 aromatic carbocycles. The number of amides is 1. The Bertz CT molecular complexity index is 919. The van der Waals surface area contributed by atoms with E-state index < -0.39 is 10.2 Å². The fraction of sp³-hybridized carbons (Fsp3) is 0.350. The molecule has 27 heavy (non-hydrogen) atoms. The molecule has 1 aliphatic heterocycles. The van der Waals surface area contributed by atoms with Crippen molar-refractivity contribution in [2.75, 3.05) is 25.0 Å². The standard InChI is InChI=1S/C20H25N3O3S/c1-15-4-6-18(7-5-15)13-22-8-9-23(27(22,25)26)14-20(24)21-19-11-16(2)10-17(3)12-19/h4-7,10-12H,8-9,13-14H2,1-3H3,(H,21,24). The van der Waals surface area contributed by atoms with Crippen LogP contribution in [0.15, 0.2) is 42.5 Å². The highest BCUT2D eigenvalue weighted by Crippen LogP contribution is 2.20. The first-order chi connectivity index (χ1) is 12.7. The number of hydrogen-bond acceptors (Lipinski definition) is 3. The first kappa shape index (κ1) is 19.5. The minimum Gasteiger partial charge on any atom is -0.325 e. The molecule has 3 rings (SSSR count). The molecule has 1 heterocycles. The summed E-state index contributed by atoms with van der Waals surface area (Å²) in [7, 11) is -3.63. The Morgan fingerprint density at radius 2 is 1.52 bits per heavy atom. The second kappa shape index (κ2) is 7.80. The lowest BCUT2D eigenvalue weighted by molar-refractivity contribution is -0.116. The summed E-state index contributed by atoms with van der Waals surface area (Å²) >= 11 is 0. The Labute approximate surface area is 161 Å². The van der Waals surface area contributed by atoms with Crippen molar-refractivity contribution in [1.82, 2.24) is 8.61 Å². The van der Waals surface area contributed by atoms with Gasteiger partial charge in [-0.15, -0.1) is 0 Å². The van der Waals surface area contributed by atoms with Crippen LogP contribution in [0.4, 0.5) is 5.69 Å². The Balaban J connectivity index is 1.63. The molecule has 1 saturated heterocycles. The summed E-state index contributed by atoms with van der Waals surface area (Å²) in [6.45, 7) is 6.73. The highest BCUT2D eigenvalue weighted by atomic mass is 32.2. The molecular weight excluding hydrogens is 362 g/mol. The Hall–Kier alpha value is -2.22. The highest BCUT2D eigenvalue weighted by Gasteiger charge is 2.37. The summed E-state index contributed by atoms with van der Waals surface area (Å²) in [4.78, 5) is 12.3. The number of anilines is 1. The number of carbonyl (C=O) groups excluding carboxylic acids is 1. The van der Waals surface area contributed by atoms with E-state index in [1.54, 1.807) is 0 Å². The molecule has 1 aliphatic rings. The van der Waals surface area contributed by atoms with Crippen LogP contribution in [0.25, 0.3) is 0 Å². The minimum atomic E-state index is -3.63. The van der Waals surface area contributed by atoms with E-state index in [2.05, 4.69) is 5.32 Å². The van der Waals surface area contributed by atoms with Gasteiger partial charge in [-0.3, -0.25) is 4.79 Å². The maximum absolute atomic E-state index is 12.7. The number of rotatable bonds is 5. The van der Waals surface area contributed by atoms with Gasteiger partial charge in [0.15, 0.2) is 0 Å². The van der Waals surface area contributed by atoms with Crippen LogP contribution in [0.5, 0.6) is 0 Å². The SMILES string of the molecule is Cc1ccc(CN2CCN(CC(=O)Nc3cc(C)cc(C)c3)S2(=O)=O)cc1. The molecule has 0 saturated carbocycles. The van der Waals surface area contributed by atoms with Crippen LogP contribution >= 0.6 is 0 Å². The van der Waals surface area contributed by atoms with E-state index in [0.717, 1.165) is 22.3 Å². The molecule has 0 aromatic heterocycles. The van der Waals surface area contributed by atoms with Gasteiger partial charge in [0, 0.05) is 25.3 Å². The molecule has 2 aromatic rings. The Kier molecular flexibility index (Phi) is 5.64. The van der Waals surface area contributed by atoms with E-state index in [-0.39, 0.29) is 12.5 Å². The smallest absolute Gasteiger partial charge is 0.282 e. The quantitative estimate of drug-likeness (QED) is 0.857.